The molecule has 11 heteroatoms. The van der Waals surface area contributed by atoms with E-state index in [1.807, 2.05) is 0 Å². The molecule has 0 spiro atoms. The number of ether oxygens (including phenoxy) is 1. The number of hydrogen-bond donors (Lipinski definition) is 2. The molecule has 1 amide bonds. The van der Waals surface area contributed by atoms with Gasteiger partial charge in [0, 0.05) is 18.8 Å². The molecular formula is C19H19FN4O5S. The van der Waals surface area contributed by atoms with Gasteiger partial charge in [-0.25, -0.2) is 4.39 Å². The number of aromatic nitrogens is 2. The molecule has 0 aliphatic carbocycles. The summed E-state index contributed by atoms with van der Waals surface area (Å²) in [6.07, 6.45) is 1.38. The van der Waals surface area contributed by atoms with E-state index < -0.39 is 15.8 Å². The molecule has 30 heavy (non-hydrogen) atoms. The molecule has 0 bridgehead atoms. The predicted molar refractivity (Wildman–Crippen MR) is 105 cm³/mol. The van der Waals surface area contributed by atoms with E-state index in [0.29, 0.717) is 31.9 Å². The molecule has 1 aromatic carbocycles. The van der Waals surface area contributed by atoms with E-state index in [-0.39, 0.29) is 33.7 Å². The summed E-state index contributed by atoms with van der Waals surface area (Å²) >= 11 is 0. The SMILES string of the molecule is Cc1cc(NS(=O)(=O)c2ccc(-c3[nH]ncc3C(=O)N3CCOCC3)o2)ccc1F. The quantitative estimate of drug-likeness (QED) is 0.637. The fraction of sp³-hybridized carbons (Fsp3) is 0.263. The summed E-state index contributed by atoms with van der Waals surface area (Å²) in [5, 5.41) is 6.25. The van der Waals surface area contributed by atoms with Crippen molar-refractivity contribution in [2.45, 2.75) is 12.0 Å². The first-order valence-electron chi connectivity index (χ1n) is 9.15. The second-order valence-electron chi connectivity index (χ2n) is 6.75. The minimum absolute atomic E-state index is 0.153. The van der Waals surface area contributed by atoms with Crippen LogP contribution in [0.15, 0.2) is 46.0 Å². The number of nitrogens with one attached hydrogen (secondary N) is 2. The highest BCUT2D eigenvalue weighted by Gasteiger charge is 2.26. The minimum Gasteiger partial charge on any atom is -0.441 e. The Morgan fingerprint density at radius 1 is 1.23 bits per heavy atom. The maximum absolute atomic E-state index is 13.4. The van der Waals surface area contributed by atoms with Gasteiger partial charge >= 0.3 is 0 Å². The average molecular weight is 434 g/mol. The summed E-state index contributed by atoms with van der Waals surface area (Å²) < 4.78 is 51.8. The van der Waals surface area contributed by atoms with Crippen LogP contribution in [0.3, 0.4) is 0 Å². The molecule has 0 atom stereocenters. The Morgan fingerprint density at radius 3 is 2.73 bits per heavy atom. The number of halogens is 1. The van der Waals surface area contributed by atoms with Crippen molar-refractivity contribution in [2.75, 3.05) is 31.0 Å². The summed E-state index contributed by atoms with van der Waals surface area (Å²) in [5.41, 5.74) is 1.07. The first-order chi connectivity index (χ1) is 14.3. The smallest absolute Gasteiger partial charge is 0.295 e. The van der Waals surface area contributed by atoms with Crippen LogP contribution in [0.1, 0.15) is 15.9 Å². The third kappa shape index (κ3) is 3.94. The number of anilines is 1. The number of furan rings is 1. The van der Waals surface area contributed by atoms with Gasteiger partial charge in [-0.3, -0.25) is 14.6 Å². The Bertz CT molecular complexity index is 1180. The van der Waals surface area contributed by atoms with Crippen LogP contribution in [0.2, 0.25) is 0 Å². The average Bonchev–Trinajstić information content (AvgIpc) is 3.40. The summed E-state index contributed by atoms with van der Waals surface area (Å²) in [7, 11) is -4.05. The summed E-state index contributed by atoms with van der Waals surface area (Å²) in [4.78, 5) is 14.4. The first kappa shape index (κ1) is 20.1. The Morgan fingerprint density at radius 2 is 2.00 bits per heavy atom. The van der Waals surface area contributed by atoms with Gasteiger partial charge in [0.1, 0.15) is 11.5 Å². The van der Waals surface area contributed by atoms with Gasteiger partial charge in [-0.1, -0.05) is 0 Å². The van der Waals surface area contributed by atoms with Crippen LogP contribution in [-0.4, -0.2) is 55.7 Å². The van der Waals surface area contributed by atoms with Crippen molar-refractivity contribution in [1.29, 1.82) is 0 Å². The highest BCUT2D eigenvalue weighted by Crippen LogP contribution is 2.28. The third-order valence-electron chi connectivity index (χ3n) is 4.67. The van der Waals surface area contributed by atoms with Crippen LogP contribution in [-0.2, 0) is 14.8 Å². The topological polar surface area (TPSA) is 118 Å². The molecule has 1 aliphatic heterocycles. The number of carbonyl (C=O) groups is 1. The largest absolute Gasteiger partial charge is 0.441 e. The molecule has 158 valence electrons. The number of morpholine rings is 1. The third-order valence-corrected chi connectivity index (χ3v) is 5.92. The number of sulfonamides is 1. The molecule has 0 unspecified atom stereocenters. The molecule has 4 rings (SSSR count). The maximum atomic E-state index is 13.4. The molecule has 9 nitrogen and oxygen atoms in total. The second-order valence-corrected chi connectivity index (χ2v) is 8.36. The number of rotatable bonds is 5. The monoisotopic (exact) mass is 434 g/mol. The van der Waals surface area contributed by atoms with Crippen LogP contribution in [0.25, 0.3) is 11.5 Å². The van der Waals surface area contributed by atoms with Gasteiger partial charge < -0.3 is 14.1 Å². The van der Waals surface area contributed by atoms with Crippen molar-refractivity contribution in [1.82, 2.24) is 15.1 Å². The van der Waals surface area contributed by atoms with Crippen LogP contribution >= 0.6 is 0 Å². The van der Waals surface area contributed by atoms with Crippen molar-refractivity contribution in [3.05, 3.63) is 53.5 Å². The maximum Gasteiger partial charge on any atom is 0.295 e. The fourth-order valence-electron chi connectivity index (χ4n) is 3.09. The van der Waals surface area contributed by atoms with Crippen molar-refractivity contribution in [3.8, 4) is 11.5 Å². The number of carbonyl (C=O) groups excluding carboxylic acids is 1. The van der Waals surface area contributed by atoms with E-state index >= 15 is 0 Å². The van der Waals surface area contributed by atoms with Gasteiger partial charge in [-0.2, -0.15) is 13.5 Å². The lowest BCUT2D eigenvalue weighted by Gasteiger charge is -2.26. The predicted octanol–water partition coefficient (Wildman–Crippen LogP) is 2.39. The second kappa shape index (κ2) is 7.92. The summed E-state index contributed by atoms with van der Waals surface area (Å²) in [6, 6.07) is 6.59. The molecule has 3 aromatic rings. The Balaban J connectivity index is 1.58. The molecule has 3 heterocycles. The Labute approximate surface area is 171 Å². The van der Waals surface area contributed by atoms with Gasteiger partial charge in [0.05, 0.1) is 25.0 Å². The van der Waals surface area contributed by atoms with Crippen molar-refractivity contribution in [2.24, 2.45) is 0 Å². The number of aromatic amines is 1. The van der Waals surface area contributed by atoms with Gasteiger partial charge in [-0.15, -0.1) is 0 Å². The van der Waals surface area contributed by atoms with E-state index in [1.54, 1.807) is 4.90 Å². The van der Waals surface area contributed by atoms with E-state index in [0.717, 1.165) is 0 Å². The summed E-state index contributed by atoms with van der Waals surface area (Å²) in [5.74, 6) is -0.530. The van der Waals surface area contributed by atoms with Gasteiger partial charge in [0.2, 0.25) is 5.09 Å². The number of nitrogens with zero attached hydrogens (tertiary/aromatic N) is 2. The van der Waals surface area contributed by atoms with Crippen LogP contribution in [0.4, 0.5) is 10.1 Å². The Kier molecular flexibility index (Phi) is 5.31. The fourth-order valence-corrected chi connectivity index (χ4v) is 4.07. The number of benzene rings is 1. The lowest BCUT2D eigenvalue weighted by molar-refractivity contribution is 0.0303. The molecule has 0 radical (unpaired) electrons. The van der Waals surface area contributed by atoms with Crippen molar-refractivity contribution >= 4 is 21.6 Å². The number of hydrogen-bond acceptors (Lipinski definition) is 6. The molecule has 0 saturated carbocycles. The molecule has 1 aliphatic rings. The number of aryl methyl sites for hydroxylation is 1. The zero-order valence-electron chi connectivity index (χ0n) is 16.0. The molecule has 2 aromatic heterocycles. The van der Waals surface area contributed by atoms with Gasteiger partial charge in [0.15, 0.2) is 5.76 Å². The highest BCUT2D eigenvalue weighted by molar-refractivity contribution is 7.92. The lowest BCUT2D eigenvalue weighted by Crippen LogP contribution is -2.40. The molecule has 2 N–H and O–H groups in total. The highest BCUT2D eigenvalue weighted by atomic mass is 32.2. The van der Waals surface area contributed by atoms with Crippen molar-refractivity contribution in [3.63, 3.8) is 0 Å². The standard InChI is InChI=1S/C19H19FN4O5S/c1-12-10-13(2-3-15(12)20)23-30(26,27)17-5-4-16(29-17)18-14(11-21-22-18)19(25)24-6-8-28-9-7-24/h2-5,10-11,23H,6-9H2,1H3,(H,21,22). The normalized spacial score (nSPS) is 14.7. The lowest BCUT2D eigenvalue weighted by atomic mass is 10.2. The van der Waals surface area contributed by atoms with Crippen LogP contribution in [0.5, 0.6) is 0 Å². The number of amides is 1. The van der Waals surface area contributed by atoms with Crippen LogP contribution in [0, 0.1) is 12.7 Å². The van der Waals surface area contributed by atoms with E-state index in [9.17, 15) is 17.6 Å². The zero-order valence-corrected chi connectivity index (χ0v) is 16.8. The van der Waals surface area contributed by atoms with Gasteiger partial charge in [0.25, 0.3) is 15.9 Å². The molecular weight excluding hydrogens is 415 g/mol. The van der Waals surface area contributed by atoms with Crippen molar-refractivity contribution < 1.29 is 26.8 Å². The first-order valence-corrected chi connectivity index (χ1v) is 10.6. The van der Waals surface area contributed by atoms with E-state index in [4.69, 9.17) is 9.15 Å². The van der Waals surface area contributed by atoms with E-state index in [2.05, 4.69) is 14.9 Å². The zero-order chi connectivity index (χ0) is 21.3. The van der Waals surface area contributed by atoms with Crippen LogP contribution < -0.4 is 4.72 Å². The Hall–Kier alpha value is -3.18. The molecule has 1 saturated heterocycles. The molecule has 1 fully saturated rings. The van der Waals surface area contributed by atoms with E-state index in [1.165, 1.54) is 43.5 Å². The van der Waals surface area contributed by atoms with Gasteiger partial charge in [-0.05, 0) is 42.8 Å². The summed E-state index contributed by atoms with van der Waals surface area (Å²) in [6.45, 7) is 3.36. The minimum atomic E-state index is -4.05. The number of H-pyrrole nitrogens is 1.